The summed E-state index contributed by atoms with van der Waals surface area (Å²) in [4.78, 5) is 23.7. The summed E-state index contributed by atoms with van der Waals surface area (Å²) in [5.74, 6) is 0. The van der Waals surface area contributed by atoms with E-state index in [1.165, 1.54) is 15.8 Å². The molecule has 0 unspecified atom stereocenters. The highest BCUT2D eigenvalue weighted by Gasteiger charge is 2.09. The lowest BCUT2D eigenvalue weighted by Crippen LogP contribution is -2.22. The number of benzene rings is 2. The fourth-order valence-electron chi connectivity index (χ4n) is 3.72. The summed E-state index contributed by atoms with van der Waals surface area (Å²) in [6, 6.07) is 11.6. The number of rotatable bonds is 1. The van der Waals surface area contributed by atoms with Crippen molar-refractivity contribution in [2.24, 2.45) is 14.1 Å². The molecule has 0 aliphatic rings. The molecule has 0 N–H and O–H groups in total. The smallest absolute Gasteiger partial charge is 0.267 e. The number of nitrogens with zero attached hydrogens (tertiary/aromatic N) is 4. The van der Waals surface area contributed by atoms with Crippen LogP contribution in [-0.4, -0.2) is 19.6 Å². The molecule has 2 heterocycles. The molecule has 4 rings (SSSR count). The molecular weight excluding hydrogens is 424 g/mol. The lowest BCUT2D eigenvalue weighted by atomic mass is 10.1. The average molecular weight is 465 g/mol. The van der Waals surface area contributed by atoms with Crippen molar-refractivity contribution in [2.45, 2.75) is 68.2 Å². The summed E-state index contributed by atoms with van der Waals surface area (Å²) >= 11 is 0. The molecular formula is C28H40N4O2. The Hall–Kier alpha value is -3.28. The Morgan fingerprint density at radius 1 is 0.706 bits per heavy atom. The van der Waals surface area contributed by atoms with Crippen LogP contribution < -0.4 is 11.1 Å². The molecule has 6 heteroatoms. The van der Waals surface area contributed by atoms with Gasteiger partial charge in [-0.05, 0) is 44.4 Å². The Kier molecular flexibility index (Phi) is 11.4. The molecule has 6 nitrogen and oxygen atoms in total. The SMILES string of the molecule is CC.CCC.CCc1nn(C)c(=O)c2c(C)cccc12.Cc1cccc2c(=O)n(C)nc(C)c12. The molecule has 34 heavy (non-hydrogen) atoms. The minimum absolute atomic E-state index is 0.0136. The van der Waals surface area contributed by atoms with Gasteiger partial charge < -0.3 is 0 Å². The molecule has 0 saturated carbocycles. The van der Waals surface area contributed by atoms with E-state index in [1.807, 2.05) is 71.0 Å². The van der Waals surface area contributed by atoms with Crippen LogP contribution in [0.3, 0.4) is 0 Å². The van der Waals surface area contributed by atoms with E-state index < -0.39 is 0 Å². The molecule has 0 bridgehead atoms. The molecule has 0 fully saturated rings. The first-order valence-corrected chi connectivity index (χ1v) is 12.1. The zero-order chi connectivity index (χ0) is 26.0. The van der Waals surface area contributed by atoms with E-state index in [-0.39, 0.29) is 11.1 Å². The maximum Gasteiger partial charge on any atom is 0.274 e. The first-order chi connectivity index (χ1) is 16.2. The fourth-order valence-corrected chi connectivity index (χ4v) is 3.72. The Balaban J connectivity index is 0.000000287. The van der Waals surface area contributed by atoms with Crippen molar-refractivity contribution in [2.75, 3.05) is 0 Å². The third kappa shape index (κ3) is 6.40. The van der Waals surface area contributed by atoms with Gasteiger partial charge in [0.15, 0.2) is 0 Å². The fraction of sp³-hybridized carbons (Fsp3) is 0.429. The van der Waals surface area contributed by atoms with Gasteiger partial charge in [0.2, 0.25) is 0 Å². The van der Waals surface area contributed by atoms with Crippen LogP contribution in [0.4, 0.5) is 0 Å². The lowest BCUT2D eigenvalue weighted by Gasteiger charge is -2.07. The van der Waals surface area contributed by atoms with E-state index in [0.29, 0.717) is 0 Å². The van der Waals surface area contributed by atoms with Gasteiger partial charge in [-0.2, -0.15) is 10.2 Å². The maximum atomic E-state index is 11.9. The summed E-state index contributed by atoms with van der Waals surface area (Å²) in [6.07, 6.45) is 2.09. The molecule has 0 aliphatic heterocycles. The third-order valence-corrected chi connectivity index (χ3v) is 5.16. The minimum atomic E-state index is -0.0331. The molecule has 0 atom stereocenters. The highest BCUT2D eigenvalue weighted by Crippen LogP contribution is 2.17. The number of aryl methyl sites for hydroxylation is 6. The van der Waals surface area contributed by atoms with E-state index in [1.54, 1.807) is 14.1 Å². The second-order valence-electron chi connectivity index (χ2n) is 7.95. The summed E-state index contributed by atoms with van der Waals surface area (Å²) in [5, 5.41) is 11.9. The Morgan fingerprint density at radius 2 is 1.18 bits per heavy atom. The molecule has 0 saturated heterocycles. The molecule has 0 amide bonds. The maximum absolute atomic E-state index is 11.9. The Bertz CT molecular complexity index is 1350. The first-order valence-electron chi connectivity index (χ1n) is 12.1. The molecule has 0 aliphatic carbocycles. The zero-order valence-corrected chi connectivity index (χ0v) is 22.5. The van der Waals surface area contributed by atoms with Crippen molar-refractivity contribution in [1.29, 1.82) is 0 Å². The molecule has 2 aromatic carbocycles. The van der Waals surface area contributed by atoms with Gasteiger partial charge >= 0.3 is 0 Å². The van der Waals surface area contributed by atoms with Crippen LogP contribution in [0.2, 0.25) is 0 Å². The highest BCUT2D eigenvalue weighted by molar-refractivity contribution is 5.87. The summed E-state index contributed by atoms with van der Waals surface area (Å²) in [5.41, 5.74) is 3.96. The van der Waals surface area contributed by atoms with E-state index in [0.717, 1.165) is 50.5 Å². The normalized spacial score (nSPS) is 9.94. The van der Waals surface area contributed by atoms with Crippen molar-refractivity contribution in [3.05, 3.63) is 79.6 Å². The topological polar surface area (TPSA) is 69.8 Å². The molecule has 184 valence electrons. The van der Waals surface area contributed by atoms with Crippen LogP contribution in [0.25, 0.3) is 21.5 Å². The number of aromatic nitrogens is 4. The predicted octanol–water partition coefficient (Wildman–Crippen LogP) is 5.80. The average Bonchev–Trinajstić information content (AvgIpc) is 2.82. The summed E-state index contributed by atoms with van der Waals surface area (Å²) in [7, 11) is 3.38. The predicted molar refractivity (Wildman–Crippen MR) is 145 cm³/mol. The minimum Gasteiger partial charge on any atom is -0.267 e. The Morgan fingerprint density at radius 3 is 1.71 bits per heavy atom. The second kappa shape index (κ2) is 13.4. The van der Waals surface area contributed by atoms with E-state index in [2.05, 4.69) is 31.0 Å². The van der Waals surface area contributed by atoms with Gasteiger partial charge in [0, 0.05) is 24.9 Å². The monoisotopic (exact) mass is 464 g/mol. The number of hydrogen-bond acceptors (Lipinski definition) is 4. The molecule has 0 spiro atoms. The second-order valence-corrected chi connectivity index (χ2v) is 7.95. The van der Waals surface area contributed by atoms with Crippen molar-refractivity contribution in [3.63, 3.8) is 0 Å². The number of hydrogen-bond donors (Lipinski definition) is 0. The molecule has 4 aromatic rings. The van der Waals surface area contributed by atoms with Crippen LogP contribution in [0.1, 0.15) is 63.6 Å². The first kappa shape index (κ1) is 28.8. The standard InChI is InChI=1S/C12H14N2O.C11H12N2O.C3H8.C2H6/c1-4-10-9-7-5-6-8(2)11(9)12(15)14(3)13-10;1-7-5-4-6-9-10(7)8(2)12-13(3)11(9)14;1-3-2;1-2/h5-7H,4H2,1-3H3;4-6H,1-3H3;3H2,1-2H3;1-2H3. The van der Waals surface area contributed by atoms with Crippen LogP contribution in [0, 0.1) is 20.8 Å². The van der Waals surface area contributed by atoms with Crippen molar-refractivity contribution < 1.29 is 0 Å². The van der Waals surface area contributed by atoms with Gasteiger partial charge in [0.1, 0.15) is 0 Å². The van der Waals surface area contributed by atoms with Crippen LogP contribution in [0.15, 0.2) is 46.0 Å². The summed E-state index contributed by atoms with van der Waals surface area (Å²) in [6.45, 7) is 16.2. The molecule has 0 radical (unpaired) electrons. The van der Waals surface area contributed by atoms with Crippen LogP contribution >= 0.6 is 0 Å². The van der Waals surface area contributed by atoms with Crippen molar-refractivity contribution in [3.8, 4) is 0 Å². The highest BCUT2D eigenvalue weighted by atomic mass is 16.1. The third-order valence-electron chi connectivity index (χ3n) is 5.16. The van der Waals surface area contributed by atoms with Gasteiger partial charge in [-0.1, -0.05) is 71.4 Å². The zero-order valence-electron chi connectivity index (χ0n) is 22.5. The van der Waals surface area contributed by atoms with Gasteiger partial charge in [-0.25, -0.2) is 9.36 Å². The lowest BCUT2D eigenvalue weighted by molar-refractivity contribution is 0.693. The molecule has 2 aromatic heterocycles. The van der Waals surface area contributed by atoms with Gasteiger partial charge in [0.25, 0.3) is 11.1 Å². The van der Waals surface area contributed by atoms with Crippen LogP contribution in [0.5, 0.6) is 0 Å². The Labute approximate surface area is 203 Å². The van der Waals surface area contributed by atoms with E-state index in [9.17, 15) is 9.59 Å². The summed E-state index contributed by atoms with van der Waals surface area (Å²) < 4.78 is 2.81. The quantitative estimate of drug-likeness (QED) is 0.357. The van der Waals surface area contributed by atoms with Crippen LogP contribution in [-0.2, 0) is 20.5 Å². The van der Waals surface area contributed by atoms with Crippen molar-refractivity contribution >= 4 is 21.5 Å². The number of fused-ring (bicyclic) bond motifs is 2. The van der Waals surface area contributed by atoms with E-state index >= 15 is 0 Å². The van der Waals surface area contributed by atoms with Gasteiger partial charge in [-0.15, -0.1) is 0 Å². The van der Waals surface area contributed by atoms with Gasteiger partial charge in [0.05, 0.1) is 22.2 Å². The van der Waals surface area contributed by atoms with E-state index in [4.69, 9.17) is 0 Å². The van der Waals surface area contributed by atoms with Crippen molar-refractivity contribution in [1.82, 2.24) is 19.6 Å². The van der Waals surface area contributed by atoms with Gasteiger partial charge in [-0.3, -0.25) is 9.59 Å². The largest absolute Gasteiger partial charge is 0.274 e.